The number of ether oxygens (including phenoxy) is 7. The smallest absolute Gasteiger partial charge is 0.123 e. The lowest BCUT2D eigenvalue weighted by Gasteiger charge is -2.24. The summed E-state index contributed by atoms with van der Waals surface area (Å²) in [6.45, 7) is 85.4. The third kappa shape index (κ3) is 70.5. The minimum atomic E-state index is -0.127. The van der Waals surface area contributed by atoms with Crippen LogP contribution in [0.1, 0.15) is 371 Å². The van der Waals surface area contributed by atoms with E-state index in [1.54, 1.807) is 26.4 Å². The van der Waals surface area contributed by atoms with Crippen LogP contribution in [0.15, 0.2) is 218 Å². The van der Waals surface area contributed by atoms with Crippen LogP contribution in [0, 0.1) is 48.7 Å². The summed E-state index contributed by atoms with van der Waals surface area (Å²) in [7, 11) is 3.44. The first-order chi connectivity index (χ1) is 62.0. The summed E-state index contributed by atoms with van der Waals surface area (Å²) in [5.74, 6) is 7.75. The highest BCUT2D eigenvalue weighted by molar-refractivity contribution is 5.38. The van der Waals surface area contributed by atoms with E-state index in [9.17, 15) is 10.2 Å². The number of hydrogen-bond acceptors (Lipinski definition) is 9. The van der Waals surface area contributed by atoms with Gasteiger partial charge in [0.15, 0.2) is 0 Å². The van der Waals surface area contributed by atoms with Crippen molar-refractivity contribution in [2.75, 3.05) is 27.4 Å². The van der Waals surface area contributed by atoms with Gasteiger partial charge in [0.25, 0.3) is 0 Å². The fraction of sp³-hybridized carbons (Fsp3) is 0.571. The summed E-state index contributed by atoms with van der Waals surface area (Å²) in [6, 6.07) is 73.7. The molecule has 756 valence electrons. The number of methoxy groups -OCH3 is 2. The van der Waals surface area contributed by atoms with E-state index in [2.05, 4.69) is 383 Å². The molecule has 0 aliphatic heterocycles. The Bertz CT molecular complexity index is 4610. The van der Waals surface area contributed by atoms with Crippen LogP contribution in [0.3, 0.4) is 0 Å². The maximum absolute atomic E-state index is 9.51. The van der Waals surface area contributed by atoms with E-state index >= 15 is 0 Å². The molecular weight excluding hydrogens is 1660 g/mol. The largest absolute Gasteiger partial charge is 0.508 e. The molecule has 0 aliphatic rings. The van der Waals surface area contributed by atoms with Crippen molar-refractivity contribution < 1.29 is 43.4 Å². The Morgan fingerprint density at radius 1 is 0.207 bits per heavy atom. The number of phenols is 2. The van der Waals surface area contributed by atoms with Crippen LogP contribution >= 0.6 is 0 Å². The minimum Gasteiger partial charge on any atom is -0.508 e. The molecule has 2 N–H and O–H groups in total. The molecule has 0 aromatic heterocycles. The Morgan fingerprint density at radius 3 is 0.830 bits per heavy atom. The van der Waals surface area contributed by atoms with Crippen LogP contribution in [-0.2, 0) is 57.8 Å². The van der Waals surface area contributed by atoms with Crippen LogP contribution < -0.4 is 33.2 Å². The fourth-order valence-electron chi connectivity index (χ4n) is 13.1. The standard InChI is InChI=1S/3C16H26O.2C14H22O.2C13H20O.2C12H18O/c1-15(2,3)12-11-13-7-9-14(10-8-13)17-16(4,5)6;1-15(2,3)11-10-13-8-7-9-14(12-13)17-16(4,5)6;1-15(2,3)12-11-13-9-7-8-10-14(13)17-16(4,5)6;1-5-15-13-8-6-7-12(11-13)9-10-14(2,3)4;1-5-15-13-9-7-6-8-12(13)10-11-14(2,3)4;1-13(2,3)9-8-11-6-5-7-12(10-11)14-4;1-13(2,3)10-9-11-7-5-6-8-12(11)14-4;1-12(2,3)8-7-10-5-4-6-11(13)9-10;1-12(2,3)9-8-10-6-4-5-7-11(10)13/h7-10H,11-12H2,1-6H3;7-9,12H,10-11H2,1-6H3;7-10H,11-12H2,1-6H3;6-8,11H,5,9-10H2,1-4H3;6-9H,5,10-11H2,1-4H3;5-7,10H,8-9H2,1-4H3;5-8H,9-10H2,1-4H3;4-6,9,13H,7-8H2,1-3H3;4-7,13H,8-9H2,1-3H3. The summed E-state index contributed by atoms with van der Waals surface area (Å²) in [5.41, 5.74) is 14.8. The average Bonchev–Trinajstić information content (AvgIpc) is 0.881. The monoisotopic (exact) mass is 1860 g/mol. The molecule has 0 fully saturated rings. The van der Waals surface area contributed by atoms with E-state index in [4.69, 9.17) is 33.2 Å². The van der Waals surface area contributed by atoms with Gasteiger partial charge in [0.05, 0.1) is 27.4 Å². The Hall–Kier alpha value is -8.82. The Morgan fingerprint density at radius 2 is 0.481 bits per heavy atom. The molecule has 0 bridgehead atoms. The van der Waals surface area contributed by atoms with Crippen molar-refractivity contribution in [3.05, 3.63) is 268 Å². The number of para-hydroxylation sites is 4. The van der Waals surface area contributed by atoms with E-state index in [0.717, 1.165) is 130 Å². The highest BCUT2D eigenvalue weighted by Gasteiger charge is 2.22. The van der Waals surface area contributed by atoms with E-state index < -0.39 is 0 Å². The van der Waals surface area contributed by atoms with E-state index in [1.807, 2.05) is 86.6 Å². The summed E-state index contributed by atoms with van der Waals surface area (Å²) < 4.78 is 39.3. The third-order valence-electron chi connectivity index (χ3n) is 21.2. The Kier molecular flexibility index (Phi) is 54.7. The second-order valence-electron chi connectivity index (χ2n) is 50.2. The highest BCUT2D eigenvalue weighted by atomic mass is 16.5. The molecule has 0 radical (unpaired) electrons. The van der Waals surface area contributed by atoms with Gasteiger partial charge in [0, 0.05) is 0 Å². The van der Waals surface area contributed by atoms with Crippen molar-refractivity contribution in [3.8, 4) is 51.7 Å². The van der Waals surface area contributed by atoms with Gasteiger partial charge >= 0.3 is 0 Å². The predicted octanol–water partition coefficient (Wildman–Crippen LogP) is 36.7. The first kappa shape index (κ1) is 124. The summed E-state index contributed by atoms with van der Waals surface area (Å²) in [6.07, 6.45) is 20.4. The second-order valence-corrected chi connectivity index (χ2v) is 50.2. The molecule has 9 rings (SSSR count). The van der Waals surface area contributed by atoms with Gasteiger partial charge in [-0.25, -0.2) is 0 Å². The number of benzene rings is 9. The topological polar surface area (TPSA) is 105 Å². The average molecular weight is 1860 g/mol. The second kappa shape index (κ2) is 59.5. The molecular formula is C126H198O9. The molecule has 9 heteroatoms. The molecule has 9 aromatic rings. The first-order valence-electron chi connectivity index (χ1n) is 50.6. The molecule has 0 saturated heterocycles. The van der Waals surface area contributed by atoms with Crippen molar-refractivity contribution in [1.82, 2.24) is 0 Å². The van der Waals surface area contributed by atoms with Gasteiger partial charge in [-0.15, -0.1) is 0 Å². The van der Waals surface area contributed by atoms with E-state index in [0.29, 0.717) is 60.2 Å². The molecule has 0 heterocycles. The number of hydrogen-bond donors (Lipinski definition) is 2. The molecule has 135 heavy (non-hydrogen) atoms. The van der Waals surface area contributed by atoms with Gasteiger partial charge in [-0.3, -0.25) is 0 Å². The zero-order valence-corrected chi connectivity index (χ0v) is 93.7. The van der Waals surface area contributed by atoms with Crippen LogP contribution in [0.4, 0.5) is 0 Å². The molecule has 9 nitrogen and oxygen atoms in total. The van der Waals surface area contributed by atoms with Gasteiger partial charge in [0.2, 0.25) is 0 Å². The van der Waals surface area contributed by atoms with Crippen molar-refractivity contribution in [3.63, 3.8) is 0 Å². The van der Waals surface area contributed by atoms with Crippen molar-refractivity contribution in [1.29, 1.82) is 0 Å². The first-order valence-corrected chi connectivity index (χ1v) is 50.6. The lowest BCUT2D eigenvalue weighted by atomic mass is 9.88. The molecule has 0 spiro atoms. The Balaban J connectivity index is 0.000000761. The zero-order chi connectivity index (χ0) is 103. The fourth-order valence-corrected chi connectivity index (χ4v) is 13.1. The minimum absolute atomic E-state index is 0.118. The van der Waals surface area contributed by atoms with Gasteiger partial charge in [0.1, 0.15) is 68.5 Å². The number of aromatic hydroxyl groups is 2. The summed E-state index contributed by atoms with van der Waals surface area (Å²) in [5, 5.41) is 18.7. The van der Waals surface area contributed by atoms with Crippen molar-refractivity contribution in [2.24, 2.45) is 48.7 Å². The number of phenolic OH excluding ortho intramolecular Hbond substituents is 2. The number of aryl methyl sites for hydroxylation is 9. The predicted molar refractivity (Wildman–Crippen MR) is 588 cm³/mol. The molecule has 0 atom stereocenters. The highest BCUT2D eigenvalue weighted by Crippen LogP contribution is 2.35. The Labute approximate surface area is 830 Å². The number of rotatable bonds is 27. The van der Waals surface area contributed by atoms with Crippen LogP contribution in [0.5, 0.6) is 51.7 Å². The SMILES string of the molecule is CC(C)(C)CCc1ccc(OC(C)(C)C)cc1.CC(C)(C)CCc1cccc(O)c1.CC(C)(C)CCc1cccc(OC(C)(C)C)c1.CC(C)(C)CCc1ccccc1O.CC(C)(C)CCc1ccccc1OC(C)(C)C.CCOc1cccc(CCC(C)(C)C)c1.CCOc1ccccc1CCC(C)(C)C.COc1cccc(CCC(C)(C)C)c1.COc1ccccc1CCC(C)(C)C. The lowest BCUT2D eigenvalue weighted by molar-refractivity contribution is 0.129. The van der Waals surface area contributed by atoms with E-state index in [-0.39, 0.29) is 16.8 Å². The molecule has 0 amide bonds. The van der Waals surface area contributed by atoms with Crippen LogP contribution in [0.2, 0.25) is 0 Å². The summed E-state index contributed by atoms with van der Waals surface area (Å²) in [4.78, 5) is 0. The molecule has 0 unspecified atom stereocenters. The molecule has 9 aromatic carbocycles. The third-order valence-corrected chi connectivity index (χ3v) is 21.2. The molecule has 0 saturated carbocycles. The maximum Gasteiger partial charge on any atom is 0.123 e. The van der Waals surface area contributed by atoms with Gasteiger partial charge in [-0.05, 0) is 375 Å². The molecule has 0 aliphatic carbocycles. The maximum atomic E-state index is 9.51. The summed E-state index contributed by atoms with van der Waals surface area (Å²) >= 11 is 0. The normalized spacial score (nSPS) is 11.9. The van der Waals surface area contributed by atoms with E-state index in [1.165, 1.54) is 89.5 Å². The van der Waals surface area contributed by atoms with Crippen molar-refractivity contribution >= 4 is 0 Å². The van der Waals surface area contributed by atoms with Crippen molar-refractivity contribution in [2.45, 2.75) is 395 Å². The van der Waals surface area contributed by atoms with Gasteiger partial charge < -0.3 is 43.4 Å². The van der Waals surface area contributed by atoms with Gasteiger partial charge in [-0.2, -0.15) is 0 Å². The van der Waals surface area contributed by atoms with Gasteiger partial charge in [-0.1, -0.05) is 320 Å². The van der Waals surface area contributed by atoms with Crippen LogP contribution in [-0.4, -0.2) is 54.4 Å². The zero-order valence-electron chi connectivity index (χ0n) is 93.7. The van der Waals surface area contributed by atoms with Crippen LogP contribution in [0.25, 0.3) is 0 Å². The lowest BCUT2D eigenvalue weighted by Crippen LogP contribution is -2.23. The quantitative estimate of drug-likeness (QED) is 0.0521.